The minimum Gasteiger partial charge on any atom is -0.395 e. The number of rotatable bonds is 10. The summed E-state index contributed by atoms with van der Waals surface area (Å²) in [4.78, 5) is 20.4. The van der Waals surface area contributed by atoms with E-state index < -0.39 is 16.4 Å². The van der Waals surface area contributed by atoms with Crippen LogP contribution in [0.3, 0.4) is 0 Å². The molecule has 1 heterocycles. The minimum atomic E-state index is -3.53. The highest BCUT2D eigenvalue weighted by molar-refractivity contribution is 7.90. The summed E-state index contributed by atoms with van der Waals surface area (Å²) in [5, 5.41) is 26.6. The van der Waals surface area contributed by atoms with E-state index in [2.05, 4.69) is 25.9 Å². The Bertz CT molecular complexity index is 950. The second-order valence-electron chi connectivity index (χ2n) is 6.67. The van der Waals surface area contributed by atoms with Crippen molar-refractivity contribution < 1.29 is 23.4 Å². The van der Waals surface area contributed by atoms with Crippen molar-refractivity contribution >= 4 is 27.4 Å². The number of aliphatic hydroxyl groups is 2. The second kappa shape index (κ2) is 10.9. The molecule has 0 radical (unpaired) electrons. The number of urea groups is 1. The van der Waals surface area contributed by atoms with Gasteiger partial charge in [-0.15, -0.1) is 0 Å². The number of benzene rings is 1. The zero-order valence-corrected chi connectivity index (χ0v) is 17.7. The standard InChI is InChI=1S/C19H27N5O5S/c1-3-20-19(27)23-15-6-4-14(5-7-15)18-22-16(12-30(28,29)9-8-25)10-17(24-18)21-13(2)11-26/h4-7,10,13,25-26H,3,8-9,11-12H2,1-2H3,(H2,20,23,27)(H,21,22,24)/t13-/m0/s1. The lowest BCUT2D eigenvalue weighted by atomic mass is 10.2. The van der Waals surface area contributed by atoms with E-state index in [0.717, 1.165) is 0 Å². The summed E-state index contributed by atoms with van der Waals surface area (Å²) < 4.78 is 24.2. The summed E-state index contributed by atoms with van der Waals surface area (Å²) in [5.41, 5.74) is 1.47. The van der Waals surface area contributed by atoms with Gasteiger partial charge in [0.15, 0.2) is 15.7 Å². The molecule has 1 atom stereocenters. The summed E-state index contributed by atoms with van der Waals surface area (Å²) in [5.74, 6) is -0.0334. The number of sulfone groups is 1. The van der Waals surface area contributed by atoms with Crippen molar-refractivity contribution in [1.82, 2.24) is 15.3 Å². The Balaban J connectivity index is 2.34. The smallest absolute Gasteiger partial charge is 0.319 e. The molecule has 0 spiro atoms. The average Bonchev–Trinajstić information content (AvgIpc) is 2.68. The summed E-state index contributed by atoms with van der Waals surface area (Å²) >= 11 is 0. The highest BCUT2D eigenvalue weighted by Gasteiger charge is 2.16. The van der Waals surface area contributed by atoms with Crippen molar-refractivity contribution in [2.24, 2.45) is 0 Å². The molecule has 1 aromatic heterocycles. The second-order valence-corrected chi connectivity index (χ2v) is 8.86. The largest absolute Gasteiger partial charge is 0.395 e. The van der Waals surface area contributed by atoms with E-state index in [1.165, 1.54) is 6.07 Å². The van der Waals surface area contributed by atoms with Crippen LogP contribution >= 0.6 is 0 Å². The molecule has 0 saturated heterocycles. The molecule has 1 aromatic carbocycles. The number of hydrogen-bond donors (Lipinski definition) is 5. The van der Waals surface area contributed by atoms with Crippen molar-refractivity contribution in [2.45, 2.75) is 25.6 Å². The van der Waals surface area contributed by atoms with Gasteiger partial charge in [-0.2, -0.15) is 0 Å². The van der Waals surface area contributed by atoms with Crippen LogP contribution in [0, 0.1) is 0 Å². The third-order valence-corrected chi connectivity index (χ3v) is 5.50. The molecule has 2 aromatic rings. The molecule has 0 unspecified atom stereocenters. The van der Waals surface area contributed by atoms with Gasteiger partial charge in [-0.25, -0.2) is 23.2 Å². The quantitative estimate of drug-likeness (QED) is 0.369. The van der Waals surface area contributed by atoms with Gasteiger partial charge in [0.05, 0.1) is 30.4 Å². The number of anilines is 2. The molecule has 0 aliphatic heterocycles. The van der Waals surface area contributed by atoms with E-state index in [-0.39, 0.29) is 35.9 Å². The van der Waals surface area contributed by atoms with Crippen LogP contribution < -0.4 is 16.0 Å². The topological polar surface area (TPSA) is 154 Å². The summed E-state index contributed by atoms with van der Waals surface area (Å²) in [7, 11) is -3.53. The molecule has 0 bridgehead atoms. The predicted molar refractivity (Wildman–Crippen MR) is 115 cm³/mol. The van der Waals surface area contributed by atoms with Gasteiger partial charge in [0.1, 0.15) is 5.82 Å². The minimum absolute atomic E-state index is 0.127. The first-order valence-corrected chi connectivity index (χ1v) is 11.3. The van der Waals surface area contributed by atoms with E-state index in [1.54, 1.807) is 31.2 Å². The first kappa shape index (κ1) is 23.5. The monoisotopic (exact) mass is 437 g/mol. The molecular formula is C19H27N5O5S. The number of amides is 2. The third kappa shape index (κ3) is 7.25. The van der Waals surface area contributed by atoms with Gasteiger partial charge in [-0.1, -0.05) is 0 Å². The number of aliphatic hydroxyl groups excluding tert-OH is 2. The molecular weight excluding hydrogens is 410 g/mol. The van der Waals surface area contributed by atoms with Crippen molar-refractivity contribution in [3.8, 4) is 11.4 Å². The summed E-state index contributed by atoms with van der Waals surface area (Å²) in [6.07, 6.45) is 0. The van der Waals surface area contributed by atoms with Crippen LogP contribution in [0.4, 0.5) is 16.3 Å². The van der Waals surface area contributed by atoms with Gasteiger partial charge in [0.25, 0.3) is 0 Å². The SMILES string of the molecule is CCNC(=O)Nc1ccc(-c2nc(CS(=O)(=O)CCO)cc(N[C@@H](C)CO)n2)cc1. The third-order valence-electron chi connectivity index (χ3n) is 3.96. The molecule has 10 nitrogen and oxygen atoms in total. The lowest BCUT2D eigenvalue weighted by molar-refractivity contribution is 0.252. The fraction of sp³-hybridized carbons (Fsp3) is 0.421. The van der Waals surface area contributed by atoms with Crippen molar-refractivity contribution in [3.05, 3.63) is 36.0 Å². The molecule has 2 rings (SSSR count). The van der Waals surface area contributed by atoms with Crippen molar-refractivity contribution in [1.29, 1.82) is 0 Å². The fourth-order valence-electron chi connectivity index (χ4n) is 2.55. The normalized spacial score (nSPS) is 12.3. The first-order chi connectivity index (χ1) is 14.3. The highest BCUT2D eigenvalue weighted by atomic mass is 32.2. The number of hydrogen-bond acceptors (Lipinski definition) is 8. The van der Waals surface area contributed by atoms with Crippen LogP contribution in [0.5, 0.6) is 0 Å². The molecule has 0 aliphatic carbocycles. The molecule has 164 valence electrons. The Kier molecular flexibility index (Phi) is 8.51. The van der Waals surface area contributed by atoms with E-state index in [4.69, 9.17) is 5.11 Å². The lowest BCUT2D eigenvalue weighted by Crippen LogP contribution is -2.28. The lowest BCUT2D eigenvalue weighted by Gasteiger charge is -2.14. The average molecular weight is 438 g/mol. The summed E-state index contributed by atoms with van der Waals surface area (Å²) in [6.45, 7) is 3.49. The Morgan fingerprint density at radius 3 is 2.47 bits per heavy atom. The summed E-state index contributed by atoms with van der Waals surface area (Å²) in [6, 6.07) is 7.69. The van der Waals surface area contributed by atoms with E-state index in [0.29, 0.717) is 29.4 Å². The number of nitrogens with one attached hydrogen (secondary N) is 3. The van der Waals surface area contributed by atoms with Gasteiger partial charge < -0.3 is 26.2 Å². The fourth-order valence-corrected chi connectivity index (χ4v) is 3.57. The maximum atomic E-state index is 12.1. The van der Waals surface area contributed by atoms with E-state index in [1.807, 2.05) is 6.92 Å². The molecule has 2 amide bonds. The number of carbonyl (C=O) groups is 1. The Hall–Kier alpha value is -2.76. The maximum absolute atomic E-state index is 12.1. The Morgan fingerprint density at radius 2 is 1.87 bits per heavy atom. The van der Waals surface area contributed by atoms with Gasteiger partial charge in [-0.05, 0) is 38.1 Å². The van der Waals surface area contributed by atoms with Crippen LogP contribution in [-0.4, -0.2) is 66.2 Å². The van der Waals surface area contributed by atoms with E-state index >= 15 is 0 Å². The molecule has 0 saturated carbocycles. The number of carbonyl (C=O) groups excluding carboxylic acids is 1. The molecule has 0 aliphatic rings. The molecule has 11 heteroatoms. The van der Waals surface area contributed by atoms with Gasteiger partial charge >= 0.3 is 6.03 Å². The van der Waals surface area contributed by atoms with Crippen LogP contribution in [0.25, 0.3) is 11.4 Å². The van der Waals surface area contributed by atoms with Crippen molar-refractivity contribution in [3.63, 3.8) is 0 Å². The molecule has 30 heavy (non-hydrogen) atoms. The number of nitrogens with zero attached hydrogens (tertiary/aromatic N) is 2. The van der Waals surface area contributed by atoms with Crippen LogP contribution in [-0.2, 0) is 15.6 Å². The Labute approximate surface area is 175 Å². The van der Waals surface area contributed by atoms with Gasteiger partial charge in [0.2, 0.25) is 0 Å². The molecule has 5 N–H and O–H groups in total. The Morgan fingerprint density at radius 1 is 1.17 bits per heavy atom. The van der Waals surface area contributed by atoms with Crippen LogP contribution in [0.1, 0.15) is 19.5 Å². The van der Waals surface area contributed by atoms with Crippen LogP contribution in [0.2, 0.25) is 0 Å². The van der Waals surface area contributed by atoms with Crippen LogP contribution in [0.15, 0.2) is 30.3 Å². The van der Waals surface area contributed by atoms with E-state index in [9.17, 15) is 18.3 Å². The highest BCUT2D eigenvalue weighted by Crippen LogP contribution is 2.22. The maximum Gasteiger partial charge on any atom is 0.319 e. The van der Waals surface area contributed by atoms with Crippen molar-refractivity contribution in [2.75, 3.05) is 36.1 Å². The number of aromatic nitrogens is 2. The first-order valence-electron chi connectivity index (χ1n) is 9.48. The zero-order chi connectivity index (χ0) is 22.1. The zero-order valence-electron chi connectivity index (χ0n) is 16.9. The van der Waals surface area contributed by atoms with Gasteiger partial charge in [0, 0.05) is 29.9 Å². The predicted octanol–water partition coefficient (Wildman–Crippen LogP) is 0.985. The van der Waals surface area contributed by atoms with Gasteiger partial charge in [-0.3, -0.25) is 0 Å². The molecule has 0 fully saturated rings.